The van der Waals surface area contributed by atoms with Gasteiger partial charge in [-0.25, -0.2) is 8.78 Å². The van der Waals surface area contributed by atoms with Gasteiger partial charge in [0.1, 0.15) is 11.6 Å². The van der Waals surface area contributed by atoms with Gasteiger partial charge in [0, 0.05) is 100 Å². The first-order valence-electron chi connectivity index (χ1n) is 20.9. The van der Waals surface area contributed by atoms with E-state index in [-0.39, 0.29) is 23.8 Å². The molecule has 3 aliphatic rings. The number of halogens is 2. The van der Waals surface area contributed by atoms with Crippen molar-refractivity contribution in [2.24, 2.45) is 7.05 Å². The standard InChI is InChI=1S/C45H48F2N10O4/c1-55-42-34(41(54-55)35-8-10-40(58)50-45(35)60)3-2-4-38(42)48-13-14-56-15-17-57(18-16-56)32-6-7-33(39(26-32)49-31-11-19-61-20-12-31)44(59)51-43-36-24-27(5-9-37(36)52-53-43)21-28-22-29(46)25-30(47)23-28/h2-7,9,22-26,31,35,48-49H,8,10-21H2,1H3,(H,50,58,60)(H2,51,52,53,59). The third-order valence-corrected chi connectivity index (χ3v) is 12.0. The van der Waals surface area contributed by atoms with Gasteiger partial charge in [0.2, 0.25) is 11.8 Å². The number of para-hydroxylation sites is 1. The number of nitrogens with one attached hydrogen (secondary N) is 5. The number of fused-ring (bicyclic) bond motifs is 2. The number of piperidine rings is 1. The highest BCUT2D eigenvalue weighted by molar-refractivity contribution is 6.11. The minimum absolute atomic E-state index is 0.155. The highest BCUT2D eigenvalue weighted by Crippen LogP contribution is 2.34. The first-order chi connectivity index (χ1) is 29.6. The molecule has 3 amide bonds. The second kappa shape index (κ2) is 17.3. The highest BCUT2D eigenvalue weighted by atomic mass is 19.1. The fourth-order valence-corrected chi connectivity index (χ4v) is 8.80. The zero-order valence-electron chi connectivity index (χ0n) is 33.9. The van der Waals surface area contributed by atoms with E-state index in [1.807, 2.05) is 60.3 Å². The molecule has 9 rings (SSSR count). The largest absolute Gasteiger partial charge is 0.382 e. The maximum absolute atomic E-state index is 14.0. The molecule has 16 heteroatoms. The van der Waals surface area contributed by atoms with E-state index in [1.165, 1.54) is 12.1 Å². The highest BCUT2D eigenvalue weighted by Gasteiger charge is 2.32. The maximum atomic E-state index is 14.0. The number of hydrogen-bond acceptors (Lipinski definition) is 10. The molecule has 0 bridgehead atoms. The number of rotatable bonds is 12. The Labute approximate surface area is 351 Å². The molecular weight excluding hydrogens is 783 g/mol. The summed E-state index contributed by atoms with van der Waals surface area (Å²) in [5.74, 6) is -2.18. The van der Waals surface area contributed by atoms with Crippen LogP contribution in [0.25, 0.3) is 21.8 Å². The fourth-order valence-electron chi connectivity index (χ4n) is 8.80. The van der Waals surface area contributed by atoms with E-state index in [2.05, 4.69) is 47.3 Å². The summed E-state index contributed by atoms with van der Waals surface area (Å²) in [6.45, 7) is 6.23. The molecule has 61 heavy (non-hydrogen) atoms. The van der Waals surface area contributed by atoms with Crippen molar-refractivity contribution in [3.05, 3.63) is 107 Å². The topological polar surface area (TPSA) is 162 Å². The van der Waals surface area contributed by atoms with E-state index in [4.69, 9.17) is 9.84 Å². The van der Waals surface area contributed by atoms with Crippen molar-refractivity contribution in [1.82, 2.24) is 30.2 Å². The molecule has 5 N–H and O–H groups in total. The van der Waals surface area contributed by atoms with Crippen LogP contribution in [0.4, 0.5) is 31.7 Å². The summed E-state index contributed by atoms with van der Waals surface area (Å²) in [4.78, 5) is 43.2. The van der Waals surface area contributed by atoms with E-state index < -0.39 is 17.6 Å². The number of amides is 3. The molecule has 0 aliphatic carbocycles. The summed E-state index contributed by atoms with van der Waals surface area (Å²) in [6, 6.07) is 21.1. The van der Waals surface area contributed by atoms with Crippen molar-refractivity contribution in [2.75, 3.05) is 73.3 Å². The number of aromatic nitrogens is 4. The van der Waals surface area contributed by atoms with Crippen molar-refractivity contribution >= 4 is 62.4 Å². The lowest BCUT2D eigenvalue weighted by molar-refractivity contribution is -0.134. The van der Waals surface area contributed by atoms with Crippen LogP contribution in [0.1, 0.15) is 58.8 Å². The minimum atomic E-state index is -0.628. The monoisotopic (exact) mass is 830 g/mol. The van der Waals surface area contributed by atoms with Gasteiger partial charge in [-0.3, -0.25) is 34.4 Å². The zero-order valence-corrected chi connectivity index (χ0v) is 33.9. The number of anilines is 4. The third kappa shape index (κ3) is 8.77. The van der Waals surface area contributed by atoms with Crippen LogP contribution in [-0.2, 0) is 27.8 Å². The summed E-state index contributed by atoms with van der Waals surface area (Å²) >= 11 is 0. The number of benzene rings is 4. The van der Waals surface area contributed by atoms with Crippen LogP contribution >= 0.6 is 0 Å². The molecule has 2 aromatic heterocycles. The number of hydrogen-bond donors (Lipinski definition) is 5. The summed E-state index contributed by atoms with van der Waals surface area (Å²) in [6.07, 6.45) is 2.73. The molecule has 5 heterocycles. The molecule has 0 spiro atoms. The molecular formula is C45H48F2N10O4. The van der Waals surface area contributed by atoms with Gasteiger partial charge in [0.05, 0.1) is 33.9 Å². The molecule has 0 saturated carbocycles. The Hall–Kier alpha value is -6.39. The Balaban J connectivity index is 0.851. The average Bonchev–Trinajstić information content (AvgIpc) is 3.80. The smallest absolute Gasteiger partial charge is 0.258 e. The Morgan fingerprint density at radius 3 is 2.48 bits per heavy atom. The molecule has 0 radical (unpaired) electrons. The fraction of sp³-hybridized carbons (Fsp3) is 0.356. The van der Waals surface area contributed by atoms with Gasteiger partial charge >= 0.3 is 0 Å². The number of nitrogens with zero attached hydrogens (tertiary/aromatic N) is 5. The number of carbonyl (C=O) groups is 3. The van der Waals surface area contributed by atoms with Gasteiger partial charge in [-0.15, -0.1) is 0 Å². The predicted octanol–water partition coefficient (Wildman–Crippen LogP) is 5.92. The Morgan fingerprint density at radius 2 is 1.69 bits per heavy atom. The summed E-state index contributed by atoms with van der Waals surface area (Å²) in [7, 11) is 1.88. The van der Waals surface area contributed by atoms with Crippen LogP contribution in [-0.4, -0.2) is 101 Å². The molecule has 14 nitrogen and oxygen atoms in total. The number of carbonyl (C=O) groups excluding carboxylic acids is 3. The van der Waals surface area contributed by atoms with Crippen molar-refractivity contribution in [3.8, 4) is 0 Å². The Bertz CT molecular complexity index is 2590. The molecule has 4 aromatic carbocycles. The Morgan fingerprint density at radius 1 is 0.885 bits per heavy atom. The SMILES string of the molecule is Cn1nc(C2CCC(=O)NC2=O)c2cccc(NCCN3CCN(c4ccc(C(=O)Nc5n[nH]c6ccc(Cc7cc(F)cc(F)c7)cc56)c(NC5CCOCC5)c4)CC3)c21. The van der Waals surface area contributed by atoms with Gasteiger partial charge < -0.3 is 25.6 Å². The molecule has 3 fully saturated rings. The number of imide groups is 1. The van der Waals surface area contributed by atoms with Crippen LogP contribution in [0.5, 0.6) is 0 Å². The van der Waals surface area contributed by atoms with Gasteiger partial charge in [0.25, 0.3) is 5.91 Å². The normalized spacial score (nSPS) is 17.8. The molecule has 316 valence electrons. The van der Waals surface area contributed by atoms with E-state index in [1.54, 1.807) is 0 Å². The van der Waals surface area contributed by atoms with Gasteiger partial charge in [0.15, 0.2) is 5.82 Å². The third-order valence-electron chi connectivity index (χ3n) is 12.0. The predicted molar refractivity (Wildman–Crippen MR) is 230 cm³/mol. The van der Waals surface area contributed by atoms with Crippen molar-refractivity contribution < 1.29 is 27.9 Å². The second-order valence-electron chi connectivity index (χ2n) is 16.1. The summed E-state index contributed by atoms with van der Waals surface area (Å²) < 4.78 is 35.2. The van der Waals surface area contributed by atoms with Gasteiger partial charge in [-0.1, -0.05) is 18.2 Å². The van der Waals surface area contributed by atoms with Crippen LogP contribution in [0.2, 0.25) is 0 Å². The average molecular weight is 831 g/mol. The zero-order chi connectivity index (χ0) is 42.0. The Kier molecular flexibility index (Phi) is 11.4. The van der Waals surface area contributed by atoms with Crippen molar-refractivity contribution in [1.29, 1.82) is 0 Å². The molecule has 6 aromatic rings. The molecule has 3 saturated heterocycles. The van der Waals surface area contributed by atoms with Crippen LogP contribution < -0.4 is 26.2 Å². The van der Waals surface area contributed by atoms with Crippen LogP contribution in [0.15, 0.2) is 72.8 Å². The number of piperazine rings is 1. The van der Waals surface area contributed by atoms with Gasteiger partial charge in [-0.2, -0.15) is 10.2 Å². The molecule has 3 aliphatic heterocycles. The van der Waals surface area contributed by atoms with E-state index in [9.17, 15) is 23.2 Å². The minimum Gasteiger partial charge on any atom is -0.382 e. The van der Waals surface area contributed by atoms with E-state index in [0.29, 0.717) is 60.5 Å². The van der Waals surface area contributed by atoms with E-state index >= 15 is 0 Å². The lowest BCUT2D eigenvalue weighted by Gasteiger charge is -2.36. The maximum Gasteiger partial charge on any atom is 0.258 e. The first kappa shape index (κ1) is 40.0. The molecule has 1 unspecified atom stereocenters. The lowest BCUT2D eigenvalue weighted by atomic mass is 9.92. The van der Waals surface area contributed by atoms with Crippen molar-refractivity contribution in [2.45, 2.75) is 44.1 Å². The summed E-state index contributed by atoms with van der Waals surface area (Å²) in [5.41, 5.74) is 6.89. The van der Waals surface area contributed by atoms with E-state index in [0.717, 1.165) is 97.2 Å². The lowest BCUT2D eigenvalue weighted by Crippen LogP contribution is -2.47. The molecule has 1 atom stereocenters. The van der Waals surface area contributed by atoms with Crippen LogP contribution in [0.3, 0.4) is 0 Å². The summed E-state index contributed by atoms with van der Waals surface area (Å²) in [5, 5.41) is 26.4. The number of aromatic amines is 1. The number of aryl methyl sites for hydroxylation is 1. The second-order valence-corrected chi connectivity index (χ2v) is 16.1. The first-order valence-corrected chi connectivity index (χ1v) is 20.9. The number of ether oxygens (including phenoxy) is 1. The van der Waals surface area contributed by atoms with Crippen LogP contribution in [0, 0.1) is 11.6 Å². The quantitative estimate of drug-likeness (QED) is 0.0938. The number of H-pyrrole nitrogens is 1. The van der Waals surface area contributed by atoms with Gasteiger partial charge in [-0.05, 0) is 85.3 Å². The van der Waals surface area contributed by atoms with Crippen molar-refractivity contribution in [3.63, 3.8) is 0 Å².